The molecule has 9 heavy (non-hydrogen) atoms. The average Bonchev–Trinajstić information content (AvgIpc) is 1.90. The van der Waals surface area contributed by atoms with Crippen LogP contribution in [0.2, 0.25) is 0 Å². The van der Waals surface area contributed by atoms with Crippen molar-refractivity contribution in [1.29, 1.82) is 0 Å². The Labute approximate surface area is 61.0 Å². The van der Waals surface area contributed by atoms with E-state index < -0.39 is 6.17 Å². The first-order chi connectivity index (χ1) is 4.33. The van der Waals surface area contributed by atoms with Crippen molar-refractivity contribution in [2.45, 2.75) is 12.6 Å². The van der Waals surface area contributed by atoms with Crippen molar-refractivity contribution >= 4 is 22.1 Å². The zero-order chi connectivity index (χ0) is 6.69. The van der Waals surface area contributed by atoms with E-state index in [-0.39, 0.29) is 0 Å². The molecule has 0 spiro atoms. The summed E-state index contributed by atoms with van der Waals surface area (Å²) in [6, 6.07) is 0. The van der Waals surface area contributed by atoms with Crippen LogP contribution in [-0.2, 0) is 0 Å². The highest BCUT2D eigenvalue weighted by Gasteiger charge is 2.06. The van der Waals surface area contributed by atoms with Gasteiger partial charge in [0.05, 0.1) is 0 Å². The summed E-state index contributed by atoms with van der Waals surface area (Å²) in [6.07, 6.45) is 3.68. The molecule has 0 radical (unpaired) electrons. The molecule has 0 aromatic carbocycles. The molecule has 0 saturated carbocycles. The maximum atomic E-state index is 9.86. The second-order valence-corrected chi connectivity index (χ2v) is 2.60. The molecule has 1 aliphatic heterocycles. The number of nitrogens with zero attached hydrogens (tertiary/aromatic N) is 2. The first-order valence-corrected chi connectivity index (χ1v) is 3.33. The van der Waals surface area contributed by atoms with Gasteiger partial charge < -0.3 is 0 Å². The standard InChI is InChI=1S/C5H5BrN2O/c6-4-1-2-5(8-9)7-3-4/h1,3,5H,2H2. The third-order valence-electron chi connectivity index (χ3n) is 1.02. The lowest BCUT2D eigenvalue weighted by Gasteiger charge is -2.03. The molecular formula is C5H5BrN2O. The smallest absolute Gasteiger partial charge is 0.184 e. The lowest BCUT2D eigenvalue weighted by molar-refractivity contribution is 0.716. The molecule has 0 N–H and O–H groups in total. The summed E-state index contributed by atoms with van der Waals surface area (Å²) in [4.78, 5) is 13.7. The Balaban J connectivity index is 2.58. The molecule has 0 aliphatic carbocycles. The third kappa shape index (κ3) is 1.71. The van der Waals surface area contributed by atoms with E-state index in [0.29, 0.717) is 6.42 Å². The van der Waals surface area contributed by atoms with Gasteiger partial charge in [0.15, 0.2) is 6.17 Å². The van der Waals surface area contributed by atoms with Gasteiger partial charge in [-0.15, -0.1) is 4.91 Å². The monoisotopic (exact) mass is 188 g/mol. The fourth-order valence-corrected chi connectivity index (χ4v) is 0.864. The Morgan fingerprint density at radius 2 is 2.67 bits per heavy atom. The van der Waals surface area contributed by atoms with Crippen molar-refractivity contribution in [1.82, 2.24) is 0 Å². The first kappa shape index (κ1) is 6.61. The van der Waals surface area contributed by atoms with Gasteiger partial charge in [-0.2, -0.15) is 0 Å². The summed E-state index contributed by atoms with van der Waals surface area (Å²) >= 11 is 3.21. The van der Waals surface area contributed by atoms with Gasteiger partial charge in [0, 0.05) is 17.1 Å². The molecule has 0 aromatic rings. The highest BCUT2D eigenvalue weighted by atomic mass is 79.9. The van der Waals surface area contributed by atoms with Crippen molar-refractivity contribution in [3.05, 3.63) is 15.5 Å². The maximum absolute atomic E-state index is 9.86. The minimum absolute atomic E-state index is 0.397. The number of allylic oxidation sites excluding steroid dienone is 1. The molecule has 3 nitrogen and oxygen atoms in total. The van der Waals surface area contributed by atoms with Crippen molar-refractivity contribution in [3.8, 4) is 0 Å². The molecule has 1 rings (SSSR count). The van der Waals surface area contributed by atoms with Crippen LogP contribution in [0.15, 0.2) is 20.7 Å². The maximum Gasteiger partial charge on any atom is 0.184 e. The SMILES string of the molecule is O=NC1CC=C(Br)C=N1. The zero-order valence-electron chi connectivity index (χ0n) is 4.62. The van der Waals surface area contributed by atoms with E-state index in [1.807, 2.05) is 6.08 Å². The number of hydrogen-bond acceptors (Lipinski definition) is 3. The van der Waals surface area contributed by atoms with E-state index in [2.05, 4.69) is 26.1 Å². The van der Waals surface area contributed by atoms with Crippen LogP contribution in [0, 0.1) is 4.91 Å². The van der Waals surface area contributed by atoms with Crippen LogP contribution >= 0.6 is 15.9 Å². The lowest BCUT2D eigenvalue weighted by Crippen LogP contribution is -2.02. The summed E-state index contributed by atoms with van der Waals surface area (Å²) in [5.74, 6) is 0. The van der Waals surface area contributed by atoms with Gasteiger partial charge in [-0.05, 0) is 21.1 Å². The van der Waals surface area contributed by atoms with Crippen LogP contribution in [-0.4, -0.2) is 12.4 Å². The minimum Gasteiger partial charge on any atom is -0.261 e. The largest absolute Gasteiger partial charge is 0.261 e. The second-order valence-electron chi connectivity index (χ2n) is 1.69. The second kappa shape index (κ2) is 2.87. The van der Waals surface area contributed by atoms with Crippen molar-refractivity contribution < 1.29 is 0 Å². The highest BCUT2D eigenvalue weighted by molar-refractivity contribution is 9.12. The molecule has 0 saturated heterocycles. The quantitative estimate of drug-likeness (QED) is 0.580. The number of nitroso groups, excluding NO2 is 1. The summed E-state index contributed by atoms with van der Waals surface area (Å²) in [5.41, 5.74) is 0. The highest BCUT2D eigenvalue weighted by Crippen LogP contribution is 2.12. The third-order valence-corrected chi connectivity index (χ3v) is 1.54. The predicted octanol–water partition coefficient (Wildman–Crippen LogP) is 1.83. The van der Waals surface area contributed by atoms with Crippen LogP contribution < -0.4 is 0 Å². The molecule has 0 bridgehead atoms. The van der Waals surface area contributed by atoms with E-state index in [9.17, 15) is 4.91 Å². The van der Waals surface area contributed by atoms with Crippen molar-refractivity contribution in [3.63, 3.8) is 0 Å². The zero-order valence-corrected chi connectivity index (χ0v) is 6.21. The first-order valence-electron chi connectivity index (χ1n) is 2.54. The van der Waals surface area contributed by atoms with Gasteiger partial charge in [0.1, 0.15) is 0 Å². The molecule has 1 unspecified atom stereocenters. The van der Waals surface area contributed by atoms with Gasteiger partial charge in [0.25, 0.3) is 0 Å². The molecule has 1 atom stereocenters. The topological polar surface area (TPSA) is 41.8 Å². The van der Waals surface area contributed by atoms with Gasteiger partial charge in [0.2, 0.25) is 0 Å². The van der Waals surface area contributed by atoms with Crippen molar-refractivity contribution in [2.75, 3.05) is 0 Å². The Morgan fingerprint density at radius 3 is 3.11 bits per heavy atom. The van der Waals surface area contributed by atoms with Crippen LogP contribution in [0.25, 0.3) is 0 Å². The molecule has 0 amide bonds. The Kier molecular flexibility index (Phi) is 2.10. The molecule has 0 aromatic heterocycles. The Morgan fingerprint density at radius 1 is 1.89 bits per heavy atom. The van der Waals surface area contributed by atoms with Gasteiger partial charge in [-0.25, -0.2) is 0 Å². The summed E-state index contributed by atoms with van der Waals surface area (Å²) in [7, 11) is 0. The number of dihydropyridines is 1. The number of hydrogen-bond donors (Lipinski definition) is 0. The Hall–Kier alpha value is -0.510. The molecule has 4 heteroatoms. The van der Waals surface area contributed by atoms with E-state index in [1.54, 1.807) is 6.21 Å². The van der Waals surface area contributed by atoms with Gasteiger partial charge in [-0.3, -0.25) is 4.99 Å². The number of halogens is 1. The van der Waals surface area contributed by atoms with Crippen LogP contribution in [0.4, 0.5) is 0 Å². The van der Waals surface area contributed by atoms with E-state index in [1.165, 1.54) is 0 Å². The van der Waals surface area contributed by atoms with E-state index in [4.69, 9.17) is 0 Å². The molecule has 48 valence electrons. The molecule has 0 fully saturated rings. The fraction of sp³-hybridized carbons (Fsp3) is 0.400. The number of aliphatic imine (C=N–C) groups is 1. The lowest BCUT2D eigenvalue weighted by atomic mass is 10.3. The normalized spacial score (nSPS) is 25.4. The fourth-order valence-electron chi connectivity index (χ4n) is 0.559. The van der Waals surface area contributed by atoms with Crippen LogP contribution in [0.3, 0.4) is 0 Å². The van der Waals surface area contributed by atoms with Gasteiger partial charge in [-0.1, -0.05) is 6.08 Å². The average molecular weight is 189 g/mol. The number of rotatable bonds is 1. The van der Waals surface area contributed by atoms with Crippen LogP contribution in [0.1, 0.15) is 6.42 Å². The molecule has 1 aliphatic rings. The Bertz CT molecular complexity index is 176. The van der Waals surface area contributed by atoms with E-state index >= 15 is 0 Å². The molecule has 1 heterocycles. The summed E-state index contributed by atoms with van der Waals surface area (Å²) in [5, 5.41) is 2.77. The molecular weight excluding hydrogens is 184 g/mol. The van der Waals surface area contributed by atoms with E-state index in [0.717, 1.165) is 4.48 Å². The summed E-state index contributed by atoms with van der Waals surface area (Å²) in [6.45, 7) is 0. The van der Waals surface area contributed by atoms with Gasteiger partial charge >= 0.3 is 0 Å². The summed E-state index contributed by atoms with van der Waals surface area (Å²) < 4.78 is 0.919. The predicted molar refractivity (Wildman–Crippen MR) is 39.7 cm³/mol. The van der Waals surface area contributed by atoms with Crippen LogP contribution in [0.5, 0.6) is 0 Å². The minimum atomic E-state index is -0.397. The van der Waals surface area contributed by atoms with Crippen molar-refractivity contribution in [2.24, 2.45) is 10.2 Å².